The molecule has 214 valence electrons. The third kappa shape index (κ3) is 5.87. The van der Waals surface area contributed by atoms with Crippen molar-refractivity contribution in [3.63, 3.8) is 0 Å². The van der Waals surface area contributed by atoms with Crippen molar-refractivity contribution in [2.24, 2.45) is 0 Å². The van der Waals surface area contributed by atoms with Gasteiger partial charge in [0.25, 0.3) is 0 Å². The number of likely N-dealkylation sites (N-methyl/N-ethyl adjacent to an activating group) is 1. The molecule has 2 atom stereocenters. The molecule has 2 fully saturated rings. The van der Waals surface area contributed by atoms with E-state index in [2.05, 4.69) is 34.7 Å². The van der Waals surface area contributed by atoms with E-state index in [1.807, 2.05) is 66.1 Å². The van der Waals surface area contributed by atoms with Crippen molar-refractivity contribution in [2.45, 2.75) is 75.9 Å². The van der Waals surface area contributed by atoms with Gasteiger partial charge in [0.2, 0.25) is 11.8 Å². The summed E-state index contributed by atoms with van der Waals surface area (Å²) in [4.78, 5) is 46.2. The van der Waals surface area contributed by atoms with Crippen LogP contribution < -0.4 is 15.5 Å². The summed E-state index contributed by atoms with van der Waals surface area (Å²) >= 11 is 0. The second kappa shape index (κ2) is 12.0. The predicted molar refractivity (Wildman–Crippen MR) is 157 cm³/mol. The van der Waals surface area contributed by atoms with Crippen molar-refractivity contribution in [1.82, 2.24) is 20.4 Å². The first-order valence-corrected chi connectivity index (χ1v) is 14.8. The fourth-order valence-corrected chi connectivity index (χ4v) is 6.54. The summed E-state index contributed by atoms with van der Waals surface area (Å²) in [7, 11) is 2.09. The van der Waals surface area contributed by atoms with Crippen LogP contribution in [0.5, 0.6) is 0 Å². The average molecular weight is 546 g/mol. The van der Waals surface area contributed by atoms with Crippen LogP contribution in [-0.4, -0.2) is 79.0 Å². The quantitative estimate of drug-likeness (QED) is 0.530. The topological polar surface area (TPSA) is 85.0 Å². The number of piperidine rings is 1. The van der Waals surface area contributed by atoms with E-state index in [0.29, 0.717) is 51.4 Å². The van der Waals surface area contributed by atoms with Crippen LogP contribution in [0, 0.1) is 0 Å². The summed E-state index contributed by atoms with van der Waals surface area (Å²) in [6.45, 7) is 6.74. The highest BCUT2D eigenvalue weighted by molar-refractivity contribution is 6.08. The van der Waals surface area contributed by atoms with Gasteiger partial charge in [0.15, 0.2) is 0 Å². The molecule has 3 aliphatic rings. The molecule has 0 spiro atoms. The third-order valence-corrected chi connectivity index (χ3v) is 9.07. The summed E-state index contributed by atoms with van der Waals surface area (Å²) in [6.07, 6.45) is 4.88. The zero-order chi connectivity index (χ0) is 28.3. The molecule has 0 saturated carbocycles. The van der Waals surface area contributed by atoms with Crippen molar-refractivity contribution in [1.29, 1.82) is 0 Å². The maximum Gasteiger partial charge on any atom is 0.315 e. The van der Waals surface area contributed by atoms with Gasteiger partial charge in [-0.15, -0.1) is 0 Å². The zero-order valence-electron chi connectivity index (χ0n) is 24.1. The lowest BCUT2D eigenvalue weighted by atomic mass is 9.86. The highest BCUT2D eigenvalue weighted by Gasteiger charge is 2.46. The van der Waals surface area contributed by atoms with Crippen LogP contribution in [0.1, 0.15) is 57.1 Å². The number of carbonyl (C=O) groups is 3. The van der Waals surface area contributed by atoms with E-state index < -0.39 is 11.5 Å². The molecule has 8 heteroatoms. The van der Waals surface area contributed by atoms with Gasteiger partial charge >= 0.3 is 6.03 Å². The van der Waals surface area contributed by atoms with E-state index in [4.69, 9.17) is 0 Å². The number of anilines is 1. The molecule has 8 nitrogen and oxygen atoms in total. The zero-order valence-corrected chi connectivity index (χ0v) is 24.1. The summed E-state index contributed by atoms with van der Waals surface area (Å²) in [5.74, 6) is 0.0847. The molecule has 0 aliphatic carbocycles. The van der Waals surface area contributed by atoms with Crippen molar-refractivity contribution >= 4 is 23.5 Å². The molecule has 2 N–H and O–H groups in total. The Balaban J connectivity index is 1.22. The standard InChI is InChI=1S/C32H43N5O3/c1-32(2)26-13-7-8-14-28(26)37(30(32)39)24-17-20-36(21-18-24)29(38)27(16-15-23-10-5-4-6-11-23)34-31(40)33-22-25-12-9-19-35(25)3/h4-8,10-11,13-14,24-25,27H,9,12,15-22H2,1-3H3,(H2,33,34,40). The Morgan fingerprint density at radius 3 is 2.38 bits per heavy atom. The Morgan fingerprint density at radius 1 is 0.975 bits per heavy atom. The van der Waals surface area contributed by atoms with Crippen LogP contribution in [0.3, 0.4) is 0 Å². The number of urea groups is 1. The molecule has 3 heterocycles. The number of hydrogen-bond acceptors (Lipinski definition) is 4. The number of nitrogens with one attached hydrogen (secondary N) is 2. The lowest BCUT2D eigenvalue weighted by molar-refractivity contribution is -0.134. The van der Waals surface area contributed by atoms with Gasteiger partial charge in [0.1, 0.15) is 6.04 Å². The molecule has 0 radical (unpaired) electrons. The van der Waals surface area contributed by atoms with Gasteiger partial charge in [-0.1, -0.05) is 48.5 Å². The van der Waals surface area contributed by atoms with Crippen LogP contribution in [-0.2, 0) is 21.4 Å². The van der Waals surface area contributed by atoms with E-state index in [1.54, 1.807) is 0 Å². The fraction of sp³-hybridized carbons (Fsp3) is 0.531. The van der Waals surface area contributed by atoms with Crippen molar-refractivity contribution < 1.29 is 14.4 Å². The molecule has 2 aromatic carbocycles. The number of fused-ring (bicyclic) bond motifs is 1. The van der Waals surface area contributed by atoms with Gasteiger partial charge in [0, 0.05) is 37.4 Å². The first-order chi connectivity index (χ1) is 19.3. The number of benzene rings is 2. The van der Waals surface area contributed by atoms with Gasteiger partial charge in [0.05, 0.1) is 5.41 Å². The summed E-state index contributed by atoms with van der Waals surface area (Å²) < 4.78 is 0. The van der Waals surface area contributed by atoms with Crippen molar-refractivity contribution in [2.75, 3.05) is 38.1 Å². The first kappa shape index (κ1) is 28.1. The number of likely N-dealkylation sites (tertiary alicyclic amines) is 2. The second-order valence-corrected chi connectivity index (χ2v) is 12.1. The van der Waals surface area contributed by atoms with Gasteiger partial charge in [-0.2, -0.15) is 0 Å². The monoisotopic (exact) mass is 545 g/mol. The highest BCUT2D eigenvalue weighted by atomic mass is 16.2. The lowest BCUT2D eigenvalue weighted by Crippen LogP contribution is -2.56. The maximum atomic E-state index is 13.8. The number of hydrogen-bond donors (Lipinski definition) is 2. The molecule has 40 heavy (non-hydrogen) atoms. The summed E-state index contributed by atoms with van der Waals surface area (Å²) in [6, 6.07) is 17.6. The lowest BCUT2D eigenvalue weighted by Gasteiger charge is -2.38. The van der Waals surface area contributed by atoms with Crippen LogP contribution in [0.15, 0.2) is 54.6 Å². The van der Waals surface area contributed by atoms with E-state index in [9.17, 15) is 14.4 Å². The van der Waals surface area contributed by atoms with Gasteiger partial charge < -0.3 is 25.3 Å². The second-order valence-electron chi connectivity index (χ2n) is 12.1. The highest BCUT2D eigenvalue weighted by Crippen LogP contribution is 2.43. The van der Waals surface area contributed by atoms with Crippen LogP contribution in [0.25, 0.3) is 0 Å². The average Bonchev–Trinajstić information content (AvgIpc) is 3.47. The molecular weight excluding hydrogens is 502 g/mol. The number of carbonyl (C=O) groups excluding carboxylic acids is 3. The number of rotatable bonds is 8. The third-order valence-electron chi connectivity index (χ3n) is 9.07. The smallest absolute Gasteiger partial charge is 0.315 e. The molecule has 2 unspecified atom stereocenters. The number of aryl methyl sites for hydroxylation is 1. The minimum Gasteiger partial charge on any atom is -0.341 e. The number of nitrogens with zero attached hydrogens (tertiary/aromatic N) is 3. The molecule has 2 saturated heterocycles. The van der Waals surface area contributed by atoms with Gasteiger partial charge in [-0.3, -0.25) is 9.59 Å². The normalized spacial score (nSPS) is 21.8. The minimum atomic E-state index is -0.605. The van der Waals surface area contributed by atoms with Crippen LogP contribution in [0.2, 0.25) is 0 Å². The number of amides is 4. The van der Waals surface area contributed by atoms with E-state index >= 15 is 0 Å². The van der Waals surface area contributed by atoms with Gasteiger partial charge in [-0.05, 0) is 83.2 Å². The Bertz CT molecular complexity index is 1210. The van der Waals surface area contributed by atoms with Crippen molar-refractivity contribution in [3.8, 4) is 0 Å². The Labute approximate surface area is 238 Å². The molecule has 0 aromatic heterocycles. The molecule has 5 rings (SSSR count). The Morgan fingerprint density at radius 2 is 1.68 bits per heavy atom. The predicted octanol–water partition coefficient (Wildman–Crippen LogP) is 3.70. The minimum absolute atomic E-state index is 0.0454. The molecular formula is C32H43N5O3. The van der Waals surface area contributed by atoms with E-state index in [0.717, 1.165) is 36.2 Å². The number of para-hydroxylation sites is 1. The first-order valence-electron chi connectivity index (χ1n) is 14.8. The molecule has 0 bridgehead atoms. The van der Waals surface area contributed by atoms with Crippen LogP contribution in [0.4, 0.5) is 10.5 Å². The maximum absolute atomic E-state index is 13.8. The van der Waals surface area contributed by atoms with E-state index in [1.165, 1.54) is 0 Å². The molecule has 4 amide bonds. The van der Waals surface area contributed by atoms with Crippen molar-refractivity contribution in [3.05, 3.63) is 65.7 Å². The fourth-order valence-electron chi connectivity index (χ4n) is 6.54. The SMILES string of the molecule is CN1CCCC1CNC(=O)NC(CCc1ccccc1)C(=O)N1CCC(N2C(=O)C(C)(C)c3ccccc32)CC1. The largest absolute Gasteiger partial charge is 0.341 e. The summed E-state index contributed by atoms with van der Waals surface area (Å²) in [5.41, 5.74) is 2.66. The van der Waals surface area contributed by atoms with Gasteiger partial charge in [-0.25, -0.2) is 4.79 Å². The van der Waals surface area contributed by atoms with Crippen LogP contribution >= 0.6 is 0 Å². The summed E-state index contributed by atoms with van der Waals surface area (Å²) in [5, 5.41) is 6.00. The molecule has 3 aliphatic heterocycles. The Hall–Kier alpha value is -3.39. The Kier molecular flexibility index (Phi) is 8.45. The molecule has 2 aromatic rings. The van der Waals surface area contributed by atoms with E-state index in [-0.39, 0.29) is 23.9 Å².